The van der Waals surface area contributed by atoms with Crippen LogP contribution in [0.2, 0.25) is 0 Å². The van der Waals surface area contributed by atoms with E-state index in [1.807, 2.05) is 24.4 Å². The Morgan fingerprint density at radius 3 is 2.79 bits per heavy atom. The SMILES string of the molecule is COc1ccc2ccnc(NC3CCN(Cc4ccc5c(c4)OCO5)CC3)c2c1. The Kier molecular flexibility index (Phi) is 4.86. The fourth-order valence-corrected chi connectivity index (χ4v) is 4.12. The lowest BCUT2D eigenvalue weighted by atomic mass is 10.0. The standard InChI is InChI=1S/C23H25N3O3/c1-27-19-4-3-17-6-9-24-23(20(17)13-19)25-18-7-10-26(11-8-18)14-16-2-5-21-22(12-16)29-15-28-21/h2-6,9,12-13,18H,7-8,10-11,14-15H2,1H3,(H,24,25). The van der Waals surface area contributed by atoms with Gasteiger partial charge in [0.05, 0.1) is 7.11 Å². The molecule has 0 atom stereocenters. The van der Waals surface area contributed by atoms with Gasteiger partial charge in [-0.2, -0.15) is 0 Å². The van der Waals surface area contributed by atoms with Gasteiger partial charge in [-0.05, 0) is 54.1 Å². The summed E-state index contributed by atoms with van der Waals surface area (Å²) in [4.78, 5) is 7.09. The molecule has 29 heavy (non-hydrogen) atoms. The molecule has 0 aliphatic carbocycles. The van der Waals surface area contributed by atoms with Gasteiger partial charge in [0.1, 0.15) is 11.6 Å². The lowest BCUT2D eigenvalue weighted by Crippen LogP contribution is -2.38. The molecule has 0 spiro atoms. The number of nitrogens with one attached hydrogen (secondary N) is 1. The molecule has 3 heterocycles. The first kappa shape index (κ1) is 18.1. The summed E-state index contributed by atoms with van der Waals surface area (Å²) in [5, 5.41) is 5.94. The number of benzene rings is 2. The zero-order valence-corrected chi connectivity index (χ0v) is 16.6. The number of likely N-dealkylation sites (tertiary alicyclic amines) is 1. The summed E-state index contributed by atoms with van der Waals surface area (Å²) >= 11 is 0. The molecular formula is C23H25N3O3. The van der Waals surface area contributed by atoms with E-state index in [0.717, 1.165) is 60.9 Å². The Labute approximate surface area is 170 Å². The summed E-state index contributed by atoms with van der Waals surface area (Å²) in [6.07, 6.45) is 4.05. The van der Waals surface area contributed by atoms with Crippen LogP contribution >= 0.6 is 0 Å². The Morgan fingerprint density at radius 2 is 1.93 bits per heavy atom. The summed E-state index contributed by atoms with van der Waals surface area (Å²) in [6.45, 7) is 3.37. The second-order valence-corrected chi connectivity index (χ2v) is 7.63. The molecule has 0 amide bonds. The largest absolute Gasteiger partial charge is 0.497 e. The molecule has 5 rings (SSSR count). The topological polar surface area (TPSA) is 55.9 Å². The monoisotopic (exact) mass is 391 g/mol. The third kappa shape index (κ3) is 3.80. The number of methoxy groups -OCH3 is 1. The molecular weight excluding hydrogens is 366 g/mol. The molecule has 1 aromatic heterocycles. The van der Waals surface area contributed by atoms with Crippen molar-refractivity contribution in [3.05, 3.63) is 54.2 Å². The molecule has 0 radical (unpaired) electrons. The van der Waals surface area contributed by atoms with Crippen LogP contribution < -0.4 is 19.5 Å². The highest BCUT2D eigenvalue weighted by Crippen LogP contribution is 2.33. The first-order valence-electron chi connectivity index (χ1n) is 10.1. The van der Waals surface area contributed by atoms with E-state index >= 15 is 0 Å². The van der Waals surface area contributed by atoms with Crippen LogP contribution in [0.4, 0.5) is 5.82 Å². The van der Waals surface area contributed by atoms with E-state index in [0.29, 0.717) is 12.8 Å². The van der Waals surface area contributed by atoms with Crippen LogP contribution in [0, 0.1) is 0 Å². The van der Waals surface area contributed by atoms with E-state index < -0.39 is 0 Å². The zero-order chi connectivity index (χ0) is 19.6. The maximum atomic E-state index is 5.50. The Bertz CT molecular complexity index is 1020. The van der Waals surface area contributed by atoms with Crippen LogP contribution in [0.15, 0.2) is 48.7 Å². The van der Waals surface area contributed by atoms with Crippen molar-refractivity contribution in [1.29, 1.82) is 0 Å². The normalized spacial score (nSPS) is 16.9. The summed E-state index contributed by atoms with van der Waals surface area (Å²) < 4.78 is 16.3. The van der Waals surface area contributed by atoms with Crippen LogP contribution in [-0.2, 0) is 6.54 Å². The van der Waals surface area contributed by atoms with Gasteiger partial charge in [-0.25, -0.2) is 4.98 Å². The van der Waals surface area contributed by atoms with Gasteiger partial charge in [0.25, 0.3) is 0 Å². The zero-order valence-electron chi connectivity index (χ0n) is 16.6. The summed E-state index contributed by atoms with van der Waals surface area (Å²) in [5.74, 6) is 3.50. The molecule has 0 bridgehead atoms. The van der Waals surface area contributed by atoms with Crippen molar-refractivity contribution in [2.45, 2.75) is 25.4 Å². The second-order valence-electron chi connectivity index (χ2n) is 7.63. The second kappa shape index (κ2) is 7.79. The van der Waals surface area contributed by atoms with Crippen molar-refractivity contribution in [3.8, 4) is 17.2 Å². The van der Waals surface area contributed by atoms with Gasteiger partial charge in [-0.3, -0.25) is 4.90 Å². The molecule has 1 fully saturated rings. The van der Waals surface area contributed by atoms with Crippen molar-refractivity contribution in [2.24, 2.45) is 0 Å². The average molecular weight is 391 g/mol. The van der Waals surface area contributed by atoms with Crippen molar-refractivity contribution in [1.82, 2.24) is 9.88 Å². The average Bonchev–Trinajstić information content (AvgIpc) is 3.23. The van der Waals surface area contributed by atoms with Crippen LogP contribution in [0.1, 0.15) is 18.4 Å². The number of pyridine rings is 1. The van der Waals surface area contributed by atoms with Gasteiger partial charge in [0.15, 0.2) is 11.5 Å². The van der Waals surface area contributed by atoms with Gasteiger partial charge < -0.3 is 19.5 Å². The predicted molar refractivity (Wildman–Crippen MR) is 113 cm³/mol. The Balaban J connectivity index is 1.22. The molecule has 6 heteroatoms. The molecule has 150 valence electrons. The summed E-state index contributed by atoms with van der Waals surface area (Å²) in [5.41, 5.74) is 1.27. The van der Waals surface area contributed by atoms with E-state index in [4.69, 9.17) is 14.2 Å². The Morgan fingerprint density at radius 1 is 1.07 bits per heavy atom. The van der Waals surface area contributed by atoms with Crippen molar-refractivity contribution >= 4 is 16.6 Å². The van der Waals surface area contributed by atoms with Crippen LogP contribution in [-0.4, -0.2) is 42.9 Å². The van der Waals surface area contributed by atoms with Crippen molar-refractivity contribution in [3.63, 3.8) is 0 Å². The minimum Gasteiger partial charge on any atom is -0.497 e. The number of piperidine rings is 1. The number of hydrogen-bond acceptors (Lipinski definition) is 6. The summed E-state index contributed by atoms with van der Waals surface area (Å²) in [7, 11) is 1.69. The van der Waals surface area contributed by atoms with Gasteiger partial charge in [0.2, 0.25) is 6.79 Å². The van der Waals surface area contributed by atoms with E-state index in [9.17, 15) is 0 Å². The number of hydrogen-bond donors (Lipinski definition) is 1. The highest BCUT2D eigenvalue weighted by Gasteiger charge is 2.21. The number of ether oxygens (including phenoxy) is 3. The summed E-state index contributed by atoms with van der Waals surface area (Å²) in [6, 6.07) is 14.8. The lowest BCUT2D eigenvalue weighted by molar-refractivity contribution is 0.173. The molecule has 2 aromatic carbocycles. The van der Waals surface area contributed by atoms with Crippen molar-refractivity contribution < 1.29 is 14.2 Å². The number of nitrogens with zero attached hydrogens (tertiary/aromatic N) is 2. The number of anilines is 1. The Hall–Kier alpha value is -2.99. The molecule has 2 aliphatic rings. The molecule has 6 nitrogen and oxygen atoms in total. The van der Waals surface area contributed by atoms with E-state index in [2.05, 4.69) is 39.5 Å². The van der Waals surface area contributed by atoms with Crippen LogP contribution in [0.5, 0.6) is 17.2 Å². The first-order valence-corrected chi connectivity index (χ1v) is 10.1. The maximum Gasteiger partial charge on any atom is 0.231 e. The highest BCUT2D eigenvalue weighted by atomic mass is 16.7. The molecule has 1 N–H and O–H groups in total. The van der Waals surface area contributed by atoms with Gasteiger partial charge in [-0.1, -0.05) is 12.1 Å². The molecule has 0 unspecified atom stereocenters. The van der Waals surface area contributed by atoms with E-state index in [-0.39, 0.29) is 0 Å². The van der Waals surface area contributed by atoms with Gasteiger partial charge >= 0.3 is 0 Å². The fraction of sp³-hybridized carbons (Fsp3) is 0.348. The molecule has 0 saturated carbocycles. The predicted octanol–water partition coefficient (Wildman–Crippen LogP) is 4.05. The molecule has 1 saturated heterocycles. The first-order chi connectivity index (χ1) is 14.3. The molecule has 3 aromatic rings. The minimum absolute atomic E-state index is 0.323. The van der Waals surface area contributed by atoms with Crippen LogP contribution in [0.3, 0.4) is 0 Å². The van der Waals surface area contributed by atoms with Gasteiger partial charge in [-0.15, -0.1) is 0 Å². The number of fused-ring (bicyclic) bond motifs is 2. The lowest BCUT2D eigenvalue weighted by Gasteiger charge is -2.32. The van der Waals surface area contributed by atoms with Crippen LogP contribution in [0.25, 0.3) is 10.8 Å². The fourth-order valence-electron chi connectivity index (χ4n) is 4.12. The minimum atomic E-state index is 0.323. The number of aromatic nitrogens is 1. The van der Waals surface area contributed by atoms with E-state index in [1.54, 1.807) is 7.11 Å². The third-order valence-electron chi connectivity index (χ3n) is 5.74. The molecule has 2 aliphatic heterocycles. The van der Waals surface area contributed by atoms with E-state index in [1.165, 1.54) is 10.9 Å². The maximum absolute atomic E-state index is 5.50. The van der Waals surface area contributed by atoms with Gasteiger partial charge in [0, 0.05) is 37.3 Å². The highest BCUT2D eigenvalue weighted by molar-refractivity contribution is 5.92. The van der Waals surface area contributed by atoms with Crippen molar-refractivity contribution in [2.75, 3.05) is 32.3 Å². The quantitative estimate of drug-likeness (QED) is 0.708. The third-order valence-corrected chi connectivity index (χ3v) is 5.74. The number of rotatable bonds is 5. The smallest absolute Gasteiger partial charge is 0.231 e.